The summed E-state index contributed by atoms with van der Waals surface area (Å²) in [5.41, 5.74) is 7.09. The van der Waals surface area contributed by atoms with E-state index in [1.54, 1.807) is 18.2 Å². The van der Waals surface area contributed by atoms with Gasteiger partial charge in [0.15, 0.2) is 0 Å². The van der Waals surface area contributed by atoms with Crippen molar-refractivity contribution in [3.8, 4) is 28.1 Å². The molecular weight excluding hydrogens is 829 g/mol. The number of amides is 4. The number of methoxy groups -OCH3 is 3. The number of ether oxygens (including phenoxy) is 4. The molecule has 5 heterocycles. The molecule has 16 heteroatoms. The van der Waals surface area contributed by atoms with E-state index in [2.05, 4.69) is 57.0 Å². The van der Waals surface area contributed by atoms with Crippen LogP contribution in [0.5, 0.6) is 5.75 Å². The number of fused-ring (bicyclic) bond motifs is 6. The lowest BCUT2D eigenvalue weighted by atomic mass is 9.92. The molecule has 2 aromatic heterocycles. The zero-order valence-electron chi connectivity index (χ0n) is 37.3. The second kappa shape index (κ2) is 17.9. The molecule has 2 unspecified atom stereocenters. The highest BCUT2D eigenvalue weighted by Crippen LogP contribution is 2.44. The molecule has 2 saturated heterocycles. The van der Waals surface area contributed by atoms with Gasteiger partial charge >= 0.3 is 12.2 Å². The first-order valence-electron chi connectivity index (χ1n) is 22.1. The molecule has 3 aliphatic heterocycles. The smallest absolute Gasteiger partial charge is 0.407 e. The first kappa shape index (κ1) is 43.3. The molecule has 16 nitrogen and oxygen atoms in total. The molecule has 0 saturated carbocycles. The van der Waals surface area contributed by atoms with Crippen LogP contribution in [0.15, 0.2) is 79.0 Å². The monoisotopic (exact) mass is 882 g/mol. The van der Waals surface area contributed by atoms with Gasteiger partial charge in [0, 0.05) is 36.6 Å². The minimum atomic E-state index is -0.948. The average molecular weight is 883 g/mol. The van der Waals surface area contributed by atoms with Gasteiger partial charge in [-0.2, -0.15) is 0 Å². The maximum Gasteiger partial charge on any atom is 0.407 e. The maximum absolute atomic E-state index is 14.3. The van der Waals surface area contributed by atoms with Crippen LogP contribution in [0.3, 0.4) is 0 Å². The third kappa shape index (κ3) is 8.22. The topological polar surface area (TPSA) is 193 Å². The lowest BCUT2D eigenvalue weighted by molar-refractivity contribution is -0.137. The zero-order chi connectivity index (χ0) is 45.5. The van der Waals surface area contributed by atoms with Gasteiger partial charge in [-0.15, -0.1) is 0 Å². The van der Waals surface area contributed by atoms with E-state index < -0.39 is 24.3 Å². The number of rotatable bonds is 11. The fourth-order valence-electron chi connectivity index (χ4n) is 9.83. The largest absolute Gasteiger partial charge is 0.488 e. The highest BCUT2D eigenvalue weighted by atomic mass is 16.5. The number of nitrogens with one attached hydrogen (secondary N) is 4. The number of aromatic amines is 2. The predicted octanol–water partition coefficient (Wildman–Crippen LogP) is 7.73. The number of nitrogens with zero attached hydrogens (tertiary/aromatic N) is 4. The average Bonchev–Trinajstić information content (AvgIpc) is 4.15. The van der Waals surface area contributed by atoms with E-state index in [1.165, 1.54) is 14.2 Å². The van der Waals surface area contributed by atoms with Crippen LogP contribution < -0.4 is 15.4 Å². The normalized spacial score (nSPS) is 20.0. The van der Waals surface area contributed by atoms with Gasteiger partial charge in [0.05, 0.1) is 55.8 Å². The van der Waals surface area contributed by atoms with Crippen molar-refractivity contribution in [2.24, 2.45) is 11.8 Å². The summed E-state index contributed by atoms with van der Waals surface area (Å²) in [7, 11) is 4.22. The van der Waals surface area contributed by atoms with Crippen LogP contribution in [-0.4, -0.2) is 100 Å². The molecule has 338 valence electrons. The standard InChI is InChI=1S/C49H54N8O8/c1-26(2)41(54-48(60)63-5)47(59)57-27(3)12-17-38(57)45-51-36-16-14-30-20-35-33-15-13-31(19-32(33)25-65-40(35)21-34(30)43(36)53-45)37-22-50-44(52-37)39-18-28(24-62-4)23-56(39)46(58)42(55-49(61)64-6)29-10-8-7-9-11-29/h7-11,13-16,19-22,26-28,38-39,41-42H,12,17-18,23-25H2,1-6H3,(H,50,52)(H,51,53)(H,54,60)(H,55,61)/t27-,28-,38-,39-,41?,42?/m0/s1. The summed E-state index contributed by atoms with van der Waals surface area (Å²) in [5.74, 6) is 1.61. The first-order chi connectivity index (χ1) is 31.5. The van der Waals surface area contributed by atoms with Gasteiger partial charge in [-0.1, -0.05) is 62.4 Å². The molecule has 9 rings (SSSR count). The summed E-state index contributed by atoms with van der Waals surface area (Å²) in [6, 6.07) is 21.3. The van der Waals surface area contributed by atoms with Crippen LogP contribution in [0.1, 0.15) is 80.9 Å². The number of H-pyrrole nitrogens is 2. The third-order valence-electron chi connectivity index (χ3n) is 13.1. The Bertz CT molecular complexity index is 2770. The number of hydrogen-bond acceptors (Lipinski definition) is 10. The second-order valence-electron chi connectivity index (χ2n) is 17.6. The highest BCUT2D eigenvalue weighted by molar-refractivity contribution is 6.07. The summed E-state index contributed by atoms with van der Waals surface area (Å²) in [4.78, 5) is 73.5. The van der Waals surface area contributed by atoms with Crippen molar-refractivity contribution in [3.05, 3.63) is 102 Å². The SMILES string of the molecule is COC[C@H]1C[C@@H](c2ncc(-c3ccc4c(c3)COc3cc5c(ccc6[nH]c([C@@H]7CC[C@H](C)N7C(=O)C(NC(=O)OC)C(C)C)nc65)cc3-4)[nH]2)N(C(=O)C(NC(=O)OC)c2ccccc2)C1. The molecule has 0 aliphatic carbocycles. The maximum atomic E-state index is 14.3. The van der Waals surface area contributed by atoms with Crippen molar-refractivity contribution in [3.63, 3.8) is 0 Å². The van der Waals surface area contributed by atoms with E-state index in [-0.39, 0.29) is 41.8 Å². The van der Waals surface area contributed by atoms with Gasteiger partial charge in [-0.05, 0) is 84.0 Å². The lowest BCUT2D eigenvalue weighted by Crippen LogP contribution is -2.52. The summed E-state index contributed by atoms with van der Waals surface area (Å²) < 4.78 is 21.7. The van der Waals surface area contributed by atoms with Crippen molar-refractivity contribution in [2.75, 3.05) is 34.5 Å². The van der Waals surface area contributed by atoms with Crippen molar-refractivity contribution < 1.29 is 38.1 Å². The van der Waals surface area contributed by atoms with Crippen LogP contribution in [-0.2, 0) is 30.4 Å². The fraction of sp³-hybridized carbons (Fsp3) is 0.388. The Balaban J connectivity index is 0.974. The van der Waals surface area contributed by atoms with Gasteiger partial charge in [0.25, 0.3) is 5.91 Å². The van der Waals surface area contributed by atoms with Gasteiger partial charge < -0.3 is 49.3 Å². The van der Waals surface area contributed by atoms with Crippen LogP contribution in [0.4, 0.5) is 9.59 Å². The molecule has 0 radical (unpaired) electrons. The van der Waals surface area contributed by atoms with E-state index in [4.69, 9.17) is 28.9 Å². The van der Waals surface area contributed by atoms with Gasteiger partial charge in [0.1, 0.15) is 36.1 Å². The summed E-state index contributed by atoms with van der Waals surface area (Å²) in [6.45, 7) is 7.11. The van der Waals surface area contributed by atoms with Crippen LogP contribution in [0.25, 0.3) is 44.2 Å². The molecule has 0 bridgehead atoms. The number of hydrogen-bond donors (Lipinski definition) is 4. The summed E-state index contributed by atoms with van der Waals surface area (Å²) >= 11 is 0. The number of aromatic nitrogens is 4. The number of carbonyl (C=O) groups excluding carboxylic acids is 4. The Morgan fingerprint density at radius 3 is 2.40 bits per heavy atom. The molecule has 6 atom stereocenters. The van der Waals surface area contributed by atoms with Crippen molar-refractivity contribution >= 4 is 45.8 Å². The minimum absolute atomic E-state index is 0.0342. The van der Waals surface area contributed by atoms with Crippen LogP contribution in [0, 0.1) is 11.8 Å². The molecule has 65 heavy (non-hydrogen) atoms. The Morgan fingerprint density at radius 2 is 1.65 bits per heavy atom. The molecule has 3 aliphatic rings. The molecule has 4 amide bonds. The Morgan fingerprint density at radius 1 is 0.862 bits per heavy atom. The summed E-state index contributed by atoms with van der Waals surface area (Å²) in [5, 5.41) is 7.42. The molecular formula is C49H54N8O8. The van der Waals surface area contributed by atoms with Crippen LogP contribution >= 0.6 is 0 Å². The molecule has 2 fully saturated rings. The Labute approximate surface area is 376 Å². The van der Waals surface area contributed by atoms with E-state index in [0.29, 0.717) is 43.4 Å². The molecule has 6 aromatic rings. The van der Waals surface area contributed by atoms with Gasteiger partial charge in [-0.25, -0.2) is 19.6 Å². The molecule has 4 N–H and O–H groups in total. The molecule has 4 aromatic carbocycles. The Kier molecular flexibility index (Phi) is 11.9. The number of benzene rings is 4. The predicted molar refractivity (Wildman–Crippen MR) is 243 cm³/mol. The zero-order valence-corrected chi connectivity index (χ0v) is 37.3. The first-order valence-corrected chi connectivity index (χ1v) is 22.1. The van der Waals surface area contributed by atoms with Crippen molar-refractivity contribution in [2.45, 2.75) is 76.8 Å². The van der Waals surface area contributed by atoms with E-state index in [9.17, 15) is 19.2 Å². The molecule has 0 spiro atoms. The number of likely N-dealkylation sites (tertiary alicyclic amines) is 2. The highest BCUT2D eigenvalue weighted by Gasteiger charge is 2.43. The van der Waals surface area contributed by atoms with E-state index in [1.807, 2.05) is 62.1 Å². The van der Waals surface area contributed by atoms with Crippen LogP contribution in [0.2, 0.25) is 0 Å². The van der Waals surface area contributed by atoms with Gasteiger partial charge in [-0.3, -0.25) is 9.59 Å². The number of carbonyl (C=O) groups is 4. The van der Waals surface area contributed by atoms with E-state index >= 15 is 0 Å². The lowest BCUT2D eigenvalue weighted by Gasteiger charge is -2.32. The van der Waals surface area contributed by atoms with Crippen molar-refractivity contribution in [1.82, 2.24) is 40.4 Å². The quantitative estimate of drug-likeness (QED) is 0.100. The fourth-order valence-corrected chi connectivity index (χ4v) is 9.83. The number of alkyl carbamates (subject to hydrolysis) is 2. The Hall–Kier alpha value is -6.94. The second-order valence-corrected chi connectivity index (χ2v) is 17.6. The number of imidazole rings is 2. The summed E-state index contributed by atoms with van der Waals surface area (Å²) in [6.07, 6.45) is 2.64. The van der Waals surface area contributed by atoms with Crippen molar-refractivity contribution in [1.29, 1.82) is 0 Å². The minimum Gasteiger partial charge on any atom is -0.488 e. The third-order valence-corrected chi connectivity index (χ3v) is 13.1. The van der Waals surface area contributed by atoms with Gasteiger partial charge in [0.2, 0.25) is 5.91 Å². The van der Waals surface area contributed by atoms with E-state index in [0.717, 1.165) is 68.3 Å².